The molecule has 6 heteroatoms. The van der Waals surface area contributed by atoms with Crippen LogP contribution in [0.1, 0.15) is 0 Å². The number of nitrogens with one attached hydrogen (secondary N) is 2. The molecular formula is C12H12BrN3O2. The van der Waals surface area contributed by atoms with Crippen molar-refractivity contribution in [1.82, 2.24) is 9.55 Å². The Balaban J connectivity index is 1.99. The van der Waals surface area contributed by atoms with Crippen LogP contribution in [0.2, 0.25) is 0 Å². The van der Waals surface area contributed by atoms with Crippen molar-refractivity contribution in [2.75, 3.05) is 11.9 Å². The first-order valence-electron chi connectivity index (χ1n) is 5.45. The first kappa shape index (κ1) is 12.6. The van der Waals surface area contributed by atoms with Gasteiger partial charge in [0.1, 0.15) is 0 Å². The van der Waals surface area contributed by atoms with Crippen LogP contribution in [0.15, 0.2) is 50.6 Å². The first-order valence-corrected chi connectivity index (χ1v) is 6.24. The summed E-state index contributed by atoms with van der Waals surface area (Å²) < 4.78 is 2.42. The highest BCUT2D eigenvalue weighted by Crippen LogP contribution is 2.20. The highest BCUT2D eigenvalue weighted by molar-refractivity contribution is 9.10. The Morgan fingerprint density at radius 2 is 2.00 bits per heavy atom. The van der Waals surface area contributed by atoms with Gasteiger partial charge in [-0.2, -0.15) is 0 Å². The van der Waals surface area contributed by atoms with Gasteiger partial charge in [0.2, 0.25) is 0 Å². The molecule has 0 bridgehead atoms. The van der Waals surface area contributed by atoms with E-state index in [1.807, 2.05) is 24.3 Å². The summed E-state index contributed by atoms with van der Waals surface area (Å²) in [5, 5.41) is 3.20. The minimum Gasteiger partial charge on any atom is -0.382 e. The molecule has 0 unspecified atom stereocenters. The largest absolute Gasteiger partial charge is 0.382 e. The van der Waals surface area contributed by atoms with Crippen molar-refractivity contribution >= 4 is 21.6 Å². The Labute approximate surface area is 112 Å². The Morgan fingerprint density at radius 3 is 2.72 bits per heavy atom. The summed E-state index contributed by atoms with van der Waals surface area (Å²) in [4.78, 5) is 24.5. The molecule has 18 heavy (non-hydrogen) atoms. The molecule has 0 radical (unpaired) electrons. The molecule has 0 fully saturated rings. The Hall–Kier alpha value is -1.82. The van der Waals surface area contributed by atoms with Gasteiger partial charge in [-0.1, -0.05) is 12.1 Å². The molecule has 5 nitrogen and oxygen atoms in total. The van der Waals surface area contributed by atoms with Crippen molar-refractivity contribution in [3.8, 4) is 0 Å². The van der Waals surface area contributed by atoms with Gasteiger partial charge in [0, 0.05) is 35.5 Å². The van der Waals surface area contributed by atoms with E-state index in [0.29, 0.717) is 13.1 Å². The van der Waals surface area contributed by atoms with Crippen LogP contribution in [0.5, 0.6) is 0 Å². The topological polar surface area (TPSA) is 66.9 Å². The number of hydrogen-bond donors (Lipinski definition) is 2. The van der Waals surface area contributed by atoms with Crippen molar-refractivity contribution in [1.29, 1.82) is 0 Å². The maximum Gasteiger partial charge on any atom is 0.328 e. The van der Waals surface area contributed by atoms with E-state index in [9.17, 15) is 9.59 Å². The quantitative estimate of drug-likeness (QED) is 0.897. The number of halogens is 1. The zero-order valence-corrected chi connectivity index (χ0v) is 11.1. The fraction of sp³-hybridized carbons (Fsp3) is 0.167. The number of hydrogen-bond acceptors (Lipinski definition) is 3. The summed E-state index contributed by atoms with van der Waals surface area (Å²) in [6.45, 7) is 1.07. The van der Waals surface area contributed by atoms with Crippen LogP contribution >= 0.6 is 15.9 Å². The second kappa shape index (κ2) is 5.68. The number of nitrogens with zero attached hydrogens (tertiary/aromatic N) is 1. The van der Waals surface area contributed by atoms with Gasteiger partial charge in [-0.05, 0) is 28.1 Å². The second-order valence-electron chi connectivity index (χ2n) is 3.71. The van der Waals surface area contributed by atoms with E-state index in [1.165, 1.54) is 16.8 Å². The molecule has 2 aromatic rings. The van der Waals surface area contributed by atoms with Crippen LogP contribution in [0.4, 0.5) is 5.69 Å². The van der Waals surface area contributed by atoms with Gasteiger partial charge in [-0.25, -0.2) is 4.79 Å². The summed E-state index contributed by atoms with van der Waals surface area (Å²) in [6.07, 6.45) is 1.49. The van der Waals surface area contributed by atoms with E-state index in [1.54, 1.807) is 0 Å². The normalized spacial score (nSPS) is 10.3. The van der Waals surface area contributed by atoms with Gasteiger partial charge < -0.3 is 5.32 Å². The third-order valence-corrected chi connectivity index (χ3v) is 3.13. The lowest BCUT2D eigenvalue weighted by Gasteiger charge is -2.09. The van der Waals surface area contributed by atoms with Crippen molar-refractivity contribution in [3.63, 3.8) is 0 Å². The highest BCUT2D eigenvalue weighted by Gasteiger charge is 1.98. The molecule has 0 saturated heterocycles. The van der Waals surface area contributed by atoms with Crippen LogP contribution < -0.4 is 16.6 Å². The monoisotopic (exact) mass is 309 g/mol. The smallest absolute Gasteiger partial charge is 0.328 e. The van der Waals surface area contributed by atoms with Crippen molar-refractivity contribution in [2.45, 2.75) is 6.54 Å². The minimum atomic E-state index is -0.392. The van der Waals surface area contributed by atoms with Gasteiger partial charge in [-0.15, -0.1) is 0 Å². The van der Waals surface area contributed by atoms with Crippen molar-refractivity contribution in [3.05, 3.63) is 61.8 Å². The fourth-order valence-corrected chi connectivity index (χ4v) is 1.96. The fourth-order valence-electron chi connectivity index (χ4n) is 1.54. The van der Waals surface area contributed by atoms with E-state index in [-0.39, 0.29) is 5.56 Å². The summed E-state index contributed by atoms with van der Waals surface area (Å²) >= 11 is 3.43. The number of benzene rings is 1. The van der Waals surface area contributed by atoms with Crippen LogP contribution in [-0.4, -0.2) is 16.1 Å². The van der Waals surface area contributed by atoms with E-state index >= 15 is 0 Å². The van der Waals surface area contributed by atoms with Gasteiger partial charge in [0.15, 0.2) is 0 Å². The molecule has 0 amide bonds. The molecule has 94 valence electrons. The number of para-hydroxylation sites is 1. The summed E-state index contributed by atoms with van der Waals surface area (Å²) in [5.74, 6) is 0. The number of rotatable bonds is 4. The number of H-pyrrole nitrogens is 1. The number of aromatic amines is 1. The molecule has 1 aromatic carbocycles. The molecule has 2 N–H and O–H groups in total. The SMILES string of the molecule is O=c1ccn(CCNc2ccccc2Br)c(=O)[nH]1. The zero-order valence-electron chi connectivity index (χ0n) is 9.52. The highest BCUT2D eigenvalue weighted by atomic mass is 79.9. The molecule has 1 aromatic heterocycles. The summed E-state index contributed by atoms with van der Waals surface area (Å²) in [7, 11) is 0. The maximum absolute atomic E-state index is 11.4. The number of anilines is 1. The molecule has 1 heterocycles. The Kier molecular flexibility index (Phi) is 3.99. The average molecular weight is 310 g/mol. The predicted octanol–water partition coefficient (Wildman–Crippen LogP) is 1.41. The van der Waals surface area contributed by atoms with Gasteiger partial charge in [0.05, 0.1) is 0 Å². The van der Waals surface area contributed by atoms with Crippen LogP contribution in [0.3, 0.4) is 0 Å². The van der Waals surface area contributed by atoms with Gasteiger partial charge >= 0.3 is 5.69 Å². The molecule has 0 saturated carbocycles. The number of aromatic nitrogens is 2. The molecule has 0 atom stereocenters. The second-order valence-corrected chi connectivity index (χ2v) is 4.56. The Bertz CT molecular complexity index is 648. The molecule has 0 spiro atoms. The van der Waals surface area contributed by atoms with Crippen LogP contribution in [0.25, 0.3) is 0 Å². The lowest BCUT2D eigenvalue weighted by molar-refractivity contribution is 0.669. The third-order valence-electron chi connectivity index (χ3n) is 2.44. The lowest BCUT2D eigenvalue weighted by Crippen LogP contribution is -2.30. The van der Waals surface area contributed by atoms with Crippen molar-refractivity contribution in [2.24, 2.45) is 0 Å². The maximum atomic E-state index is 11.4. The predicted molar refractivity (Wildman–Crippen MR) is 74.0 cm³/mol. The molecule has 2 rings (SSSR count). The minimum absolute atomic E-state index is 0.380. The summed E-state index contributed by atoms with van der Waals surface area (Å²) in [5.41, 5.74) is 0.196. The van der Waals surface area contributed by atoms with E-state index < -0.39 is 5.69 Å². The van der Waals surface area contributed by atoms with Gasteiger partial charge in [0.25, 0.3) is 5.56 Å². The molecule has 0 aliphatic carbocycles. The average Bonchev–Trinajstić information content (AvgIpc) is 2.34. The van der Waals surface area contributed by atoms with E-state index in [4.69, 9.17) is 0 Å². The molecule has 0 aliphatic rings. The van der Waals surface area contributed by atoms with Crippen molar-refractivity contribution < 1.29 is 0 Å². The molecule has 0 aliphatic heterocycles. The molecular weight excluding hydrogens is 298 g/mol. The zero-order chi connectivity index (χ0) is 13.0. The van der Waals surface area contributed by atoms with Gasteiger partial charge in [-0.3, -0.25) is 14.3 Å². The standard InChI is InChI=1S/C12H12BrN3O2/c13-9-3-1-2-4-10(9)14-6-8-16-7-5-11(17)15-12(16)18/h1-5,7,14H,6,8H2,(H,15,17,18). The first-order chi connectivity index (χ1) is 8.66. The lowest BCUT2D eigenvalue weighted by atomic mass is 10.3. The van der Waals surface area contributed by atoms with E-state index in [2.05, 4.69) is 26.2 Å². The Morgan fingerprint density at radius 1 is 1.22 bits per heavy atom. The summed E-state index contributed by atoms with van der Waals surface area (Å²) in [6, 6.07) is 9.08. The third kappa shape index (κ3) is 3.10. The van der Waals surface area contributed by atoms with E-state index in [0.717, 1.165) is 10.2 Å². The van der Waals surface area contributed by atoms with Crippen LogP contribution in [0, 0.1) is 0 Å². The van der Waals surface area contributed by atoms with Crippen LogP contribution in [-0.2, 0) is 6.54 Å².